The summed E-state index contributed by atoms with van der Waals surface area (Å²) in [4.78, 5) is 0. The van der Waals surface area contributed by atoms with Gasteiger partial charge in [0.15, 0.2) is 0 Å². The Morgan fingerprint density at radius 2 is 0.884 bits per heavy atom. The third kappa shape index (κ3) is 3.72. The summed E-state index contributed by atoms with van der Waals surface area (Å²) in [7, 11) is 0. The van der Waals surface area contributed by atoms with Crippen molar-refractivity contribution in [2.45, 2.75) is 0 Å². The number of hydrogen-bond donors (Lipinski definition) is 0. The molecular weight excluding hydrogens is 520 g/mol. The van der Waals surface area contributed by atoms with Gasteiger partial charge in [-0.25, -0.2) is 0 Å². The zero-order chi connectivity index (χ0) is 28.3. The molecule has 1 nitrogen and oxygen atoms in total. The minimum atomic E-state index is 0.916. The number of hydrogen-bond acceptors (Lipinski definition) is 1. The highest BCUT2D eigenvalue weighted by molar-refractivity contribution is 6.25. The first kappa shape index (κ1) is 24.0. The molecule has 43 heavy (non-hydrogen) atoms. The summed E-state index contributed by atoms with van der Waals surface area (Å²) in [5.41, 5.74) is 9.21. The summed E-state index contributed by atoms with van der Waals surface area (Å²) in [6.45, 7) is 0. The van der Waals surface area contributed by atoms with E-state index in [1.54, 1.807) is 0 Å². The van der Waals surface area contributed by atoms with Crippen LogP contribution in [0.5, 0.6) is 0 Å². The summed E-state index contributed by atoms with van der Waals surface area (Å²) in [6, 6.07) is 56.8. The van der Waals surface area contributed by atoms with Crippen LogP contribution in [0, 0.1) is 0 Å². The fourth-order valence-corrected chi connectivity index (χ4v) is 6.94. The quantitative estimate of drug-likeness (QED) is 0.201. The third-order valence-corrected chi connectivity index (χ3v) is 8.84. The summed E-state index contributed by atoms with van der Waals surface area (Å²) in [6.07, 6.45) is 0. The van der Waals surface area contributed by atoms with Gasteiger partial charge in [-0.05, 0) is 90.0 Å². The van der Waals surface area contributed by atoms with Gasteiger partial charge in [-0.15, -0.1) is 0 Å². The van der Waals surface area contributed by atoms with Crippen LogP contribution in [0.15, 0.2) is 162 Å². The van der Waals surface area contributed by atoms with Gasteiger partial charge in [0, 0.05) is 10.8 Å². The summed E-state index contributed by atoms with van der Waals surface area (Å²) in [5, 5.41) is 9.80. The zero-order valence-electron chi connectivity index (χ0n) is 23.4. The van der Waals surface area contributed by atoms with Crippen LogP contribution >= 0.6 is 0 Å². The van der Waals surface area contributed by atoms with E-state index < -0.39 is 0 Å². The smallest absolute Gasteiger partial charge is 0.136 e. The Morgan fingerprint density at radius 3 is 1.65 bits per heavy atom. The standard InChI is InChI=1S/C42H26O/c1-2-12-28-25-30(24-23-27(28)11-1)29-13-9-14-31(26-29)40-32-15-3-5-17-34(32)41(35-18-6-4-16-33(35)40)37-20-10-22-39-42(37)36-19-7-8-21-38(36)43-39/h1-26H. The molecule has 200 valence electrons. The zero-order valence-corrected chi connectivity index (χ0v) is 23.4. The Kier molecular flexibility index (Phi) is 5.27. The van der Waals surface area contributed by atoms with Crippen molar-refractivity contribution >= 4 is 54.3 Å². The van der Waals surface area contributed by atoms with Crippen LogP contribution in [-0.4, -0.2) is 0 Å². The molecule has 0 amide bonds. The molecule has 0 radical (unpaired) electrons. The van der Waals surface area contributed by atoms with Crippen molar-refractivity contribution in [2.75, 3.05) is 0 Å². The predicted molar refractivity (Wildman–Crippen MR) is 183 cm³/mol. The maximum atomic E-state index is 6.31. The van der Waals surface area contributed by atoms with Crippen LogP contribution in [0.1, 0.15) is 0 Å². The average Bonchev–Trinajstić information content (AvgIpc) is 3.46. The van der Waals surface area contributed by atoms with Gasteiger partial charge in [-0.3, -0.25) is 0 Å². The molecule has 0 N–H and O–H groups in total. The predicted octanol–water partition coefficient (Wildman–Crippen LogP) is 12.0. The second kappa shape index (κ2) is 9.44. The molecule has 8 aromatic carbocycles. The Hall–Kier alpha value is -5.66. The third-order valence-electron chi connectivity index (χ3n) is 8.84. The van der Waals surface area contributed by atoms with E-state index in [2.05, 4.69) is 152 Å². The average molecular weight is 547 g/mol. The molecule has 0 spiro atoms. The molecule has 0 fully saturated rings. The molecule has 0 atom stereocenters. The van der Waals surface area contributed by atoms with Crippen LogP contribution in [0.3, 0.4) is 0 Å². The highest BCUT2D eigenvalue weighted by atomic mass is 16.3. The topological polar surface area (TPSA) is 13.1 Å². The van der Waals surface area contributed by atoms with Crippen molar-refractivity contribution in [1.29, 1.82) is 0 Å². The lowest BCUT2D eigenvalue weighted by atomic mass is 9.84. The second-order valence-corrected chi connectivity index (χ2v) is 11.3. The lowest BCUT2D eigenvalue weighted by molar-refractivity contribution is 0.669. The summed E-state index contributed by atoms with van der Waals surface area (Å²) in [5.74, 6) is 0. The Bertz CT molecular complexity index is 2460. The molecule has 0 bridgehead atoms. The van der Waals surface area contributed by atoms with Crippen LogP contribution < -0.4 is 0 Å². The summed E-state index contributed by atoms with van der Waals surface area (Å²) < 4.78 is 6.31. The lowest BCUT2D eigenvalue weighted by Crippen LogP contribution is -1.91. The number of furan rings is 1. The first-order chi connectivity index (χ1) is 21.3. The van der Waals surface area contributed by atoms with Gasteiger partial charge in [-0.1, -0.05) is 133 Å². The van der Waals surface area contributed by atoms with E-state index in [1.165, 1.54) is 71.1 Å². The molecule has 0 aliphatic heterocycles. The van der Waals surface area contributed by atoms with Crippen molar-refractivity contribution in [2.24, 2.45) is 0 Å². The Morgan fingerprint density at radius 1 is 0.326 bits per heavy atom. The fourth-order valence-electron chi connectivity index (χ4n) is 6.94. The van der Waals surface area contributed by atoms with Gasteiger partial charge in [0.25, 0.3) is 0 Å². The van der Waals surface area contributed by atoms with Crippen LogP contribution in [-0.2, 0) is 0 Å². The maximum absolute atomic E-state index is 6.31. The molecule has 0 aliphatic carbocycles. The number of benzene rings is 8. The van der Waals surface area contributed by atoms with E-state index in [1.807, 2.05) is 6.07 Å². The molecular formula is C42H26O. The number of fused-ring (bicyclic) bond motifs is 6. The van der Waals surface area contributed by atoms with Crippen molar-refractivity contribution in [3.05, 3.63) is 158 Å². The van der Waals surface area contributed by atoms with E-state index in [4.69, 9.17) is 4.42 Å². The number of para-hydroxylation sites is 1. The Balaban J connectivity index is 1.34. The van der Waals surface area contributed by atoms with Gasteiger partial charge < -0.3 is 4.42 Å². The second-order valence-electron chi connectivity index (χ2n) is 11.3. The molecule has 0 unspecified atom stereocenters. The monoisotopic (exact) mass is 546 g/mol. The molecule has 1 heterocycles. The van der Waals surface area contributed by atoms with Crippen molar-refractivity contribution in [1.82, 2.24) is 0 Å². The van der Waals surface area contributed by atoms with Gasteiger partial charge in [0.05, 0.1) is 0 Å². The lowest BCUT2D eigenvalue weighted by Gasteiger charge is -2.18. The molecule has 9 rings (SSSR count). The largest absolute Gasteiger partial charge is 0.456 e. The first-order valence-electron chi connectivity index (χ1n) is 14.8. The van der Waals surface area contributed by atoms with E-state index in [0.29, 0.717) is 0 Å². The normalized spacial score (nSPS) is 11.7. The Labute approximate surface area is 249 Å². The van der Waals surface area contributed by atoms with Crippen molar-refractivity contribution in [3.8, 4) is 33.4 Å². The number of rotatable bonds is 3. The van der Waals surface area contributed by atoms with Gasteiger partial charge in [0.2, 0.25) is 0 Å². The summed E-state index contributed by atoms with van der Waals surface area (Å²) >= 11 is 0. The van der Waals surface area contributed by atoms with E-state index in [9.17, 15) is 0 Å². The highest BCUT2D eigenvalue weighted by Crippen LogP contribution is 2.47. The van der Waals surface area contributed by atoms with Crippen LogP contribution in [0.2, 0.25) is 0 Å². The van der Waals surface area contributed by atoms with Gasteiger partial charge in [0.1, 0.15) is 11.2 Å². The van der Waals surface area contributed by atoms with Gasteiger partial charge in [-0.2, -0.15) is 0 Å². The first-order valence-corrected chi connectivity index (χ1v) is 14.8. The maximum Gasteiger partial charge on any atom is 0.136 e. The molecule has 0 saturated heterocycles. The minimum absolute atomic E-state index is 0.916. The molecule has 1 aromatic heterocycles. The van der Waals surface area contributed by atoms with E-state index in [-0.39, 0.29) is 0 Å². The molecule has 1 heteroatoms. The van der Waals surface area contributed by atoms with E-state index >= 15 is 0 Å². The minimum Gasteiger partial charge on any atom is -0.456 e. The molecule has 0 saturated carbocycles. The van der Waals surface area contributed by atoms with Crippen molar-refractivity contribution in [3.63, 3.8) is 0 Å². The van der Waals surface area contributed by atoms with Crippen LogP contribution in [0.25, 0.3) is 87.6 Å². The van der Waals surface area contributed by atoms with E-state index in [0.717, 1.165) is 16.6 Å². The van der Waals surface area contributed by atoms with Crippen molar-refractivity contribution < 1.29 is 4.42 Å². The molecule has 9 aromatic rings. The molecule has 0 aliphatic rings. The fraction of sp³-hybridized carbons (Fsp3) is 0. The SMILES string of the molecule is c1cc(-c2ccc3ccccc3c2)cc(-c2c3ccccc3c(-c3cccc4oc5ccccc5c34)c3ccccc23)c1. The van der Waals surface area contributed by atoms with Crippen LogP contribution in [0.4, 0.5) is 0 Å². The van der Waals surface area contributed by atoms with Gasteiger partial charge >= 0.3 is 0 Å². The highest BCUT2D eigenvalue weighted by Gasteiger charge is 2.20.